The van der Waals surface area contributed by atoms with Crippen molar-refractivity contribution in [1.82, 2.24) is 4.98 Å². The van der Waals surface area contributed by atoms with Crippen LogP contribution in [-0.2, 0) is 0 Å². The van der Waals surface area contributed by atoms with Gasteiger partial charge in [0, 0.05) is 28.5 Å². The summed E-state index contributed by atoms with van der Waals surface area (Å²) in [6.07, 6.45) is 6.21. The Balaban J connectivity index is 1.60. The molecule has 2 heterocycles. The molecule has 0 bridgehead atoms. The molecule has 2 aromatic rings. The predicted molar refractivity (Wildman–Crippen MR) is 118 cm³/mol. The molecule has 0 radical (unpaired) electrons. The van der Waals surface area contributed by atoms with Crippen LogP contribution in [0.4, 0.5) is 5.13 Å². The molecule has 0 saturated carbocycles. The van der Waals surface area contributed by atoms with Crippen molar-refractivity contribution in [2.75, 3.05) is 18.0 Å². The van der Waals surface area contributed by atoms with Gasteiger partial charge in [-0.05, 0) is 49.7 Å². The lowest BCUT2D eigenvalue weighted by Crippen LogP contribution is -2.34. The first-order valence-corrected chi connectivity index (χ1v) is 11.4. The first-order chi connectivity index (χ1) is 12.6. The maximum atomic E-state index is 4.89. The minimum atomic E-state index is 0.689. The van der Waals surface area contributed by atoms with Crippen LogP contribution in [0.5, 0.6) is 0 Å². The fourth-order valence-corrected chi connectivity index (χ4v) is 5.09. The molecule has 1 aliphatic heterocycles. The fraction of sp³-hybridized carbons (Fsp3) is 0.500. The quantitative estimate of drug-likeness (QED) is 0.430. The Bertz CT molecular complexity index is 714. The van der Waals surface area contributed by atoms with E-state index in [1.807, 2.05) is 0 Å². The van der Waals surface area contributed by atoms with Gasteiger partial charge in [0.05, 0.1) is 5.69 Å². The largest absolute Gasteiger partial charge is 0.348 e. The second kappa shape index (κ2) is 9.18. The standard InChI is InChI=1S/C22H29BrN2S/c1-4-6-17(5-2)16(3)18-11-13-25(14-12-18)22-24-21(15-26-22)19-7-9-20(23)10-8-19/h7-10,15,17-18H,3-6,11-14H2,1-2H3. The van der Waals surface area contributed by atoms with Gasteiger partial charge in [-0.1, -0.05) is 60.5 Å². The highest BCUT2D eigenvalue weighted by Gasteiger charge is 2.26. The number of hydrogen-bond acceptors (Lipinski definition) is 3. The Kier molecular flexibility index (Phi) is 6.93. The topological polar surface area (TPSA) is 16.1 Å². The van der Waals surface area contributed by atoms with Crippen LogP contribution in [0.3, 0.4) is 0 Å². The molecular weight excluding hydrogens is 404 g/mol. The van der Waals surface area contributed by atoms with Crippen molar-refractivity contribution in [3.63, 3.8) is 0 Å². The molecule has 1 aliphatic rings. The van der Waals surface area contributed by atoms with Crippen LogP contribution < -0.4 is 4.90 Å². The highest BCUT2D eigenvalue weighted by Crippen LogP contribution is 2.35. The lowest BCUT2D eigenvalue weighted by atomic mass is 9.80. The van der Waals surface area contributed by atoms with Gasteiger partial charge in [-0.15, -0.1) is 11.3 Å². The average molecular weight is 433 g/mol. The van der Waals surface area contributed by atoms with Crippen molar-refractivity contribution in [3.05, 3.63) is 46.3 Å². The summed E-state index contributed by atoms with van der Waals surface area (Å²) in [6, 6.07) is 8.40. The van der Waals surface area contributed by atoms with Gasteiger partial charge in [0.2, 0.25) is 0 Å². The molecule has 26 heavy (non-hydrogen) atoms. The van der Waals surface area contributed by atoms with E-state index in [2.05, 4.69) is 70.9 Å². The van der Waals surface area contributed by atoms with Crippen LogP contribution in [0.25, 0.3) is 11.3 Å². The van der Waals surface area contributed by atoms with Gasteiger partial charge in [-0.25, -0.2) is 4.98 Å². The molecular formula is C22H29BrN2S. The summed E-state index contributed by atoms with van der Waals surface area (Å²) in [4.78, 5) is 7.35. The zero-order valence-electron chi connectivity index (χ0n) is 15.9. The number of piperidine rings is 1. The molecule has 1 unspecified atom stereocenters. The van der Waals surface area contributed by atoms with Gasteiger partial charge in [0.1, 0.15) is 0 Å². The number of benzene rings is 1. The zero-order valence-corrected chi connectivity index (χ0v) is 18.3. The van der Waals surface area contributed by atoms with Gasteiger partial charge in [-0.3, -0.25) is 0 Å². The number of aromatic nitrogens is 1. The molecule has 2 nitrogen and oxygen atoms in total. The van der Waals surface area contributed by atoms with E-state index in [9.17, 15) is 0 Å². The third-order valence-electron chi connectivity index (χ3n) is 5.58. The molecule has 0 spiro atoms. The lowest BCUT2D eigenvalue weighted by molar-refractivity contribution is 0.395. The highest BCUT2D eigenvalue weighted by molar-refractivity contribution is 9.10. The van der Waals surface area contributed by atoms with Crippen LogP contribution >= 0.6 is 27.3 Å². The summed E-state index contributed by atoms with van der Waals surface area (Å²) in [5.74, 6) is 1.40. The van der Waals surface area contributed by atoms with E-state index >= 15 is 0 Å². The van der Waals surface area contributed by atoms with Crippen LogP contribution in [0.1, 0.15) is 46.0 Å². The van der Waals surface area contributed by atoms with Crippen LogP contribution in [0.15, 0.2) is 46.3 Å². The summed E-state index contributed by atoms with van der Waals surface area (Å²) in [5.41, 5.74) is 3.77. The van der Waals surface area contributed by atoms with Crippen LogP contribution in [-0.4, -0.2) is 18.1 Å². The number of anilines is 1. The van der Waals surface area contributed by atoms with E-state index in [1.54, 1.807) is 11.3 Å². The summed E-state index contributed by atoms with van der Waals surface area (Å²) in [6.45, 7) is 11.3. The van der Waals surface area contributed by atoms with Gasteiger partial charge < -0.3 is 4.90 Å². The number of allylic oxidation sites excluding steroid dienone is 1. The van der Waals surface area contributed by atoms with Crippen molar-refractivity contribution in [1.29, 1.82) is 0 Å². The maximum Gasteiger partial charge on any atom is 0.185 e. The van der Waals surface area contributed by atoms with E-state index in [0.29, 0.717) is 11.8 Å². The molecule has 3 rings (SSSR count). The summed E-state index contributed by atoms with van der Waals surface area (Å²) in [7, 11) is 0. The Morgan fingerprint density at radius 2 is 1.96 bits per heavy atom. The van der Waals surface area contributed by atoms with E-state index in [4.69, 9.17) is 4.98 Å². The Morgan fingerprint density at radius 3 is 2.58 bits per heavy atom. The van der Waals surface area contributed by atoms with Gasteiger partial charge in [-0.2, -0.15) is 0 Å². The van der Waals surface area contributed by atoms with E-state index in [-0.39, 0.29) is 0 Å². The molecule has 1 saturated heterocycles. The molecule has 0 aliphatic carbocycles. The molecule has 1 atom stereocenters. The van der Waals surface area contributed by atoms with E-state index in [0.717, 1.165) is 28.4 Å². The lowest BCUT2D eigenvalue weighted by Gasteiger charge is -2.35. The van der Waals surface area contributed by atoms with Gasteiger partial charge in [0.15, 0.2) is 5.13 Å². The number of hydrogen-bond donors (Lipinski definition) is 0. The Labute approximate surface area is 170 Å². The van der Waals surface area contributed by atoms with Crippen LogP contribution in [0, 0.1) is 11.8 Å². The first-order valence-electron chi connectivity index (χ1n) is 9.77. The maximum absolute atomic E-state index is 4.89. The predicted octanol–water partition coefficient (Wildman–Crippen LogP) is 7.17. The van der Waals surface area contributed by atoms with Gasteiger partial charge in [0.25, 0.3) is 0 Å². The second-order valence-electron chi connectivity index (χ2n) is 7.25. The van der Waals surface area contributed by atoms with Crippen molar-refractivity contribution in [3.8, 4) is 11.3 Å². The Morgan fingerprint density at radius 1 is 1.27 bits per heavy atom. The van der Waals surface area contributed by atoms with Crippen molar-refractivity contribution in [2.24, 2.45) is 11.8 Å². The normalized spacial score (nSPS) is 16.7. The fourth-order valence-electron chi connectivity index (χ4n) is 3.94. The number of halogens is 1. The highest BCUT2D eigenvalue weighted by atomic mass is 79.9. The summed E-state index contributed by atoms with van der Waals surface area (Å²) < 4.78 is 1.10. The minimum absolute atomic E-state index is 0.689. The second-order valence-corrected chi connectivity index (χ2v) is 9.00. The summed E-state index contributed by atoms with van der Waals surface area (Å²) in [5, 5.41) is 3.34. The zero-order chi connectivity index (χ0) is 18.5. The molecule has 4 heteroatoms. The Hall–Kier alpha value is -1.13. The minimum Gasteiger partial charge on any atom is -0.348 e. The summed E-state index contributed by atoms with van der Waals surface area (Å²) >= 11 is 5.26. The van der Waals surface area contributed by atoms with Crippen molar-refractivity contribution in [2.45, 2.75) is 46.0 Å². The number of thiazole rings is 1. The monoisotopic (exact) mass is 432 g/mol. The number of nitrogens with zero attached hydrogens (tertiary/aromatic N) is 2. The molecule has 0 amide bonds. The van der Waals surface area contributed by atoms with Crippen molar-refractivity contribution < 1.29 is 0 Å². The van der Waals surface area contributed by atoms with Crippen LogP contribution in [0.2, 0.25) is 0 Å². The van der Waals surface area contributed by atoms with Gasteiger partial charge >= 0.3 is 0 Å². The van der Waals surface area contributed by atoms with Crippen molar-refractivity contribution >= 4 is 32.4 Å². The van der Waals surface area contributed by atoms with E-state index < -0.39 is 0 Å². The molecule has 0 N–H and O–H groups in total. The molecule has 1 aromatic heterocycles. The SMILES string of the molecule is C=C(C(CC)CCC)C1CCN(c2nc(-c3ccc(Br)cc3)cs2)CC1. The number of rotatable bonds is 7. The third kappa shape index (κ3) is 4.58. The molecule has 1 fully saturated rings. The molecule has 140 valence electrons. The first kappa shape index (κ1) is 19.6. The van der Waals surface area contributed by atoms with E-state index in [1.165, 1.54) is 43.2 Å². The molecule has 1 aromatic carbocycles. The third-order valence-corrected chi connectivity index (χ3v) is 7.01. The smallest absolute Gasteiger partial charge is 0.185 e. The average Bonchev–Trinajstić information content (AvgIpc) is 3.16.